The lowest BCUT2D eigenvalue weighted by molar-refractivity contribution is 0.184. The molecule has 2 heterocycles. The highest BCUT2D eigenvalue weighted by molar-refractivity contribution is 9.10. The molecule has 1 aromatic rings. The van der Waals surface area contributed by atoms with Crippen LogP contribution in [-0.2, 0) is 0 Å². The first-order valence-electron chi connectivity index (χ1n) is 6.76. The summed E-state index contributed by atoms with van der Waals surface area (Å²) in [4.78, 5) is 2.69. The van der Waals surface area contributed by atoms with Gasteiger partial charge in [0.15, 0.2) is 0 Å². The third-order valence-corrected chi connectivity index (χ3v) is 4.64. The first kappa shape index (κ1) is 11.7. The molecule has 1 aromatic heterocycles. The molecule has 0 amide bonds. The van der Waals surface area contributed by atoms with Gasteiger partial charge >= 0.3 is 0 Å². The van der Waals surface area contributed by atoms with Gasteiger partial charge in [-0.1, -0.05) is 19.3 Å². The number of hydrogen-bond donors (Lipinski definition) is 0. The van der Waals surface area contributed by atoms with Crippen molar-refractivity contribution in [1.29, 1.82) is 0 Å². The van der Waals surface area contributed by atoms with Crippen LogP contribution in [0.2, 0.25) is 0 Å². The summed E-state index contributed by atoms with van der Waals surface area (Å²) < 4.78 is 3.22. The van der Waals surface area contributed by atoms with Crippen molar-refractivity contribution in [2.24, 2.45) is 0 Å². The Labute approximate surface area is 111 Å². The number of hydrogen-bond acceptors (Lipinski definition) is 2. The lowest BCUT2D eigenvalue weighted by Gasteiger charge is -2.30. The van der Waals surface area contributed by atoms with Gasteiger partial charge in [-0.25, -0.2) is 0 Å². The number of rotatable bonds is 2. The first-order valence-corrected chi connectivity index (χ1v) is 7.56. The molecule has 1 aliphatic heterocycles. The SMILES string of the molecule is Brc1cnn(C2CCN(C3CCCCC3)C2)c1. The average molecular weight is 298 g/mol. The van der Waals surface area contributed by atoms with Crippen molar-refractivity contribution in [3.63, 3.8) is 0 Å². The standard InChI is InChI=1S/C13H20BrN3/c14-11-8-15-17(9-11)13-6-7-16(10-13)12-4-2-1-3-5-12/h8-9,12-13H,1-7,10H2. The topological polar surface area (TPSA) is 21.1 Å². The summed E-state index contributed by atoms with van der Waals surface area (Å²) in [5, 5.41) is 4.42. The second-order valence-electron chi connectivity index (χ2n) is 5.37. The zero-order valence-electron chi connectivity index (χ0n) is 10.2. The van der Waals surface area contributed by atoms with Crippen molar-refractivity contribution >= 4 is 15.9 Å². The molecular weight excluding hydrogens is 278 g/mol. The monoisotopic (exact) mass is 297 g/mol. The largest absolute Gasteiger partial charge is 0.298 e. The summed E-state index contributed by atoms with van der Waals surface area (Å²) in [5.41, 5.74) is 0. The van der Waals surface area contributed by atoms with Gasteiger partial charge in [0.05, 0.1) is 16.7 Å². The van der Waals surface area contributed by atoms with Crippen LogP contribution in [0.25, 0.3) is 0 Å². The van der Waals surface area contributed by atoms with Crippen molar-refractivity contribution in [3.05, 3.63) is 16.9 Å². The van der Waals surface area contributed by atoms with E-state index < -0.39 is 0 Å². The molecule has 0 radical (unpaired) electrons. The predicted molar refractivity (Wildman–Crippen MR) is 72.0 cm³/mol. The van der Waals surface area contributed by atoms with Crippen LogP contribution in [0.1, 0.15) is 44.6 Å². The highest BCUT2D eigenvalue weighted by atomic mass is 79.9. The zero-order chi connectivity index (χ0) is 11.7. The van der Waals surface area contributed by atoms with E-state index in [2.05, 4.69) is 36.8 Å². The molecule has 1 unspecified atom stereocenters. The maximum absolute atomic E-state index is 4.42. The molecule has 3 nitrogen and oxygen atoms in total. The molecule has 2 fully saturated rings. The molecular formula is C13H20BrN3. The predicted octanol–water partition coefficient (Wildman–Crippen LogP) is 3.23. The molecule has 0 N–H and O–H groups in total. The van der Waals surface area contributed by atoms with E-state index in [0.717, 1.165) is 10.5 Å². The van der Waals surface area contributed by atoms with E-state index in [-0.39, 0.29) is 0 Å². The Bertz CT molecular complexity index is 370. The van der Waals surface area contributed by atoms with Crippen molar-refractivity contribution in [1.82, 2.24) is 14.7 Å². The van der Waals surface area contributed by atoms with Crippen LogP contribution in [0.5, 0.6) is 0 Å². The minimum absolute atomic E-state index is 0.586. The third-order valence-electron chi connectivity index (χ3n) is 4.23. The molecule has 2 aliphatic rings. The van der Waals surface area contributed by atoms with Gasteiger partial charge in [-0.05, 0) is 35.2 Å². The Morgan fingerprint density at radius 3 is 2.65 bits per heavy atom. The van der Waals surface area contributed by atoms with Crippen molar-refractivity contribution in [2.45, 2.75) is 50.6 Å². The van der Waals surface area contributed by atoms with Crippen molar-refractivity contribution in [3.8, 4) is 0 Å². The molecule has 4 heteroatoms. The summed E-state index contributed by atoms with van der Waals surface area (Å²) in [6.07, 6.45) is 12.4. The average Bonchev–Trinajstić information content (AvgIpc) is 2.98. The Balaban J connectivity index is 1.61. The minimum Gasteiger partial charge on any atom is -0.298 e. The van der Waals surface area contributed by atoms with E-state index in [1.165, 1.54) is 51.6 Å². The third kappa shape index (κ3) is 2.58. The molecule has 0 aromatic carbocycles. The molecule has 1 atom stereocenters. The molecule has 1 saturated heterocycles. The van der Waals surface area contributed by atoms with Crippen LogP contribution >= 0.6 is 15.9 Å². The van der Waals surface area contributed by atoms with Crippen molar-refractivity contribution in [2.75, 3.05) is 13.1 Å². The lowest BCUT2D eigenvalue weighted by Crippen LogP contribution is -2.35. The summed E-state index contributed by atoms with van der Waals surface area (Å²) >= 11 is 3.47. The van der Waals surface area contributed by atoms with E-state index in [1.54, 1.807) is 0 Å². The molecule has 3 rings (SSSR count). The minimum atomic E-state index is 0.586. The molecule has 1 aliphatic carbocycles. The molecule has 0 bridgehead atoms. The first-order chi connectivity index (χ1) is 8.33. The van der Waals surface area contributed by atoms with Crippen LogP contribution in [0.4, 0.5) is 0 Å². The van der Waals surface area contributed by atoms with Crippen LogP contribution in [0.15, 0.2) is 16.9 Å². The Hall–Kier alpha value is -0.350. The second-order valence-corrected chi connectivity index (χ2v) is 6.28. The molecule has 1 saturated carbocycles. The maximum Gasteiger partial charge on any atom is 0.0658 e. The van der Waals surface area contributed by atoms with Gasteiger partial charge in [-0.2, -0.15) is 5.10 Å². The van der Waals surface area contributed by atoms with Crippen LogP contribution in [0, 0.1) is 0 Å². The fourth-order valence-electron chi connectivity index (χ4n) is 3.28. The summed E-state index contributed by atoms with van der Waals surface area (Å²) in [5.74, 6) is 0. The lowest BCUT2D eigenvalue weighted by atomic mass is 9.94. The maximum atomic E-state index is 4.42. The summed E-state index contributed by atoms with van der Waals surface area (Å²) in [6, 6.07) is 1.44. The highest BCUT2D eigenvalue weighted by Crippen LogP contribution is 2.29. The normalized spacial score (nSPS) is 27.7. The number of nitrogens with zero attached hydrogens (tertiary/aromatic N) is 3. The van der Waals surface area contributed by atoms with Gasteiger partial charge in [0.1, 0.15) is 0 Å². The summed E-state index contributed by atoms with van der Waals surface area (Å²) in [7, 11) is 0. The Kier molecular flexibility index (Phi) is 3.52. The van der Waals surface area contributed by atoms with Gasteiger partial charge in [0, 0.05) is 25.3 Å². The van der Waals surface area contributed by atoms with Gasteiger partial charge < -0.3 is 0 Å². The second kappa shape index (κ2) is 5.11. The zero-order valence-corrected chi connectivity index (χ0v) is 11.8. The van der Waals surface area contributed by atoms with E-state index in [1.807, 2.05) is 6.20 Å². The van der Waals surface area contributed by atoms with Crippen molar-refractivity contribution < 1.29 is 0 Å². The van der Waals surface area contributed by atoms with Crippen LogP contribution in [-0.4, -0.2) is 33.8 Å². The van der Waals surface area contributed by atoms with E-state index >= 15 is 0 Å². The summed E-state index contributed by atoms with van der Waals surface area (Å²) in [6.45, 7) is 2.45. The Morgan fingerprint density at radius 1 is 1.12 bits per heavy atom. The van der Waals surface area contributed by atoms with E-state index in [0.29, 0.717) is 6.04 Å². The molecule has 17 heavy (non-hydrogen) atoms. The number of likely N-dealkylation sites (tertiary alicyclic amines) is 1. The molecule has 94 valence electrons. The van der Waals surface area contributed by atoms with Crippen LogP contribution in [0.3, 0.4) is 0 Å². The highest BCUT2D eigenvalue weighted by Gasteiger charge is 2.30. The van der Waals surface area contributed by atoms with Gasteiger partial charge in [0.25, 0.3) is 0 Å². The van der Waals surface area contributed by atoms with E-state index in [9.17, 15) is 0 Å². The fourth-order valence-corrected chi connectivity index (χ4v) is 3.58. The molecule has 0 spiro atoms. The number of aromatic nitrogens is 2. The Morgan fingerprint density at radius 2 is 1.94 bits per heavy atom. The fraction of sp³-hybridized carbons (Fsp3) is 0.769. The van der Waals surface area contributed by atoms with Gasteiger partial charge in [0.2, 0.25) is 0 Å². The van der Waals surface area contributed by atoms with Gasteiger partial charge in [-0.15, -0.1) is 0 Å². The van der Waals surface area contributed by atoms with Crippen LogP contribution < -0.4 is 0 Å². The quantitative estimate of drug-likeness (QED) is 0.836. The number of halogens is 1. The van der Waals surface area contributed by atoms with E-state index in [4.69, 9.17) is 0 Å². The smallest absolute Gasteiger partial charge is 0.0658 e. The van der Waals surface area contributed by atoms with Gasteiger partial charge in [-0.3, -0.25) is 9.58 Å².